The lowest BCUT2D eigenvalue weighted by atomic mass is 10.2. The molecule has 0 saturated heterocycles. The fourth-order valence-corrected chi connectivity index (χ4v) is 2.02. The number of aliphatic hydroxyl groups excluding tert-OH is 1. The monoisotopic (exact) mass is 296 g/mol. The topological polar surface area (TPSA) is 114 Å². The van der Waals surface area contributed by atoms with Gasteiger partial charge in [0.05, 0.1) is 44.4 Å². The smallest absolute Gasteiger partial charge is 0.300 e. The highest BCUT2D eigenvalue weighted by atomic mass is 16.6. The van der Waals surface area contributed by atoms with Gasteiger partial charge >= 0.3 is 5.69 Å². The van der Waals surface area contributed by atoms with Gasteiger partial charge in [-0.1, -0.05) is 0 Å². The quantitative estimate of drug-likeness (QED) is 0.437. The van der Waals surface area contributed by atoms with Crippen molar-refractivity contribution in [3.63, 3.8) is 0 Å². The number of rotatable bonds is 7. The predicted octanol–water partition coefficient (Wildman–Crippen LogP) is 0.612. The number of fused-ring (bicyclic) bond motifs is 1. The molecule has 0 aliphatic heterocycles. The molecule has 0 aliphatic carbocycles. The van der Waals surface area contributed by atoms with Crippen LogP contribution in [-0.2, 0) is 0 Å². The number of hydrogen-bond donors (Lipinski definition) is 2. The molecule has 1 aromatic carbocycles. The van der Waals surface area contributed by atoms with E-state index >= 15 is 0 Å². The van der Waals surface area contributed by atoms with Gasteiger partial charge in [-0.2, -0.15) is 0 Å². The van der Waals surface area contributed by atoms with Crippen LogP contribution in [0.4, 0.5) is 11.4 Å². The SMILES string of the molecule is C[N+](C)(CCO)CCNc1ccc([N+](=O)[O-])c2nonc12. The Morgan fingerprint density at radius 3 is 2.71 bits per heavy atom. The zero-order valence-corrected chi connectivity index (χ0v) is 11.9. The number of hydrogen-bond acceptors (Lipinski definition) is 7. The van der Waals surface area contributed by atoms with Gasteiger partial charge in [-0.05, 0) is 16.4 Å². The zero-order valence-electron chi connectivity index (χ0n) is 11.9. The lowest BCUT2D eigenvalue weighted by molar-refractivity contribution is -0.888. The van der Waals surface area contributed by atoms with Crippen LogP contribution in [0.2, 0.25) is 0 Å². The van der Waals surface area contributed by atoms with Gasteiger partial charge in [0.25, 0.3) is 0 Å². The Balaban J connectivity index is 2.12. The van der Waals surface area contributed by atoms with Gasteiger partial charge in [0.2, 0.25) is 5.52 Å². The van der Waals surface area contributed by atoms with Gasteiger partial charge in [-0.25, -0.2) is 4.63 Å². The van der Waals surface area contributed by atoms with E-state index in [0.29, 0.717) is 28.8 Å². The molecule has 0 atom stereocenters. The number of likely N-dealkylation sites (N-methyl/N-ethyl adjacent to an activating group) is 1. The van der Waals surface area contributed by atoms with Crippen molar-refractivity contribution < 1.29 is 19.1 Å². The molecule has 0 aliphatic rings. The van der Waals surface area contributed by atoms with E-state index in [1.807, 2.05) is 14.1 Å². The summed E-state index contributed by atoms with van der Waals surface area (Å²) in [5, 5.41) is 30.3. The lowest BCUT2D eigenvalue weighted by Gasteiger charge is -2.29. The number of aliphatic hydroxyl groups is 1. The third kappa shape index (κ3) is 3.44. The second-order valence-corrected chi connectivity index (χ2v) is 5.38. The summed E-state index contributed by atoms with van der Waals surface area (Å²) in [5.41, 5.74) is 0.986. The van der Waals surface area contributed by atoms with Crippen LogP contribution in [0.5, 0.6) is 0 Å². The molecule has 2 rings (SSSR count). The molecule has 2 N–H and O–H groups in total. The Kier molecular flexibility index (Phi) is 4.34. The minimum absolute atomic E-state index is 0.127. The summed E-state index contributed by atoms with van der Waals surface area (Å²) in [6, 6.07) is 2.97. The van der Waals surface area contributed by atoms with Gasteiger partial charge in [0, 0.05) is 6.07 Å². The van der Waals surface area contributed by atoms with E-state index in [1.165, 1.54) is 6.07 Å². The average molecular weight is 296 g/mol. The van der Waals surface area contributed by atoms with Crippen LogP contribution in [-0.4, -0.2) is 65.2 Å². The molecule has 1 heterocycles. The summed E-state index contributed by atoms with van der Waals surface area (Å²) < 4.78 is 5.26. The largest absolute Gasteiger partial charge is 0.391 e. The van der Waals surface area contributed by atoms with Crippen LogP contribution >= 0.6 is 0 Å². The zero-order chi connectivity index (χ0) is 15.5. The third-order valence-electron chi connectivity index (χ3n) is 3.33. The summed E-state index contributed by atoms with van der Waals surface area (Å²) in [4.78, 5) is 10.4. The van der Waals surface area contributed by atoms with Crippen LogP contribution in [0.15, 0.2) is 16.8 Å². The van der Waals surface area contributed by atoms with Gasteiger partial charge in [0.1, 0.15) is 6.54 Å². The van der Waals surface area contributed by atoms with Gasteiger partial charge < -0.3 is 14.9 Å². The normalized spacial score (nSPS) is 11.8. The van der Waals surface area contributed by atoms with Crippen molar-refractivity contribution in [1.29, 1.82) is 0 Å². The van der Waals surface area contributed by atoms with E-state index in [9.17, 15) is 10.1 Å². The molecule has 2 aromatic rings. The standard InChI is InChI=1S/C12H18N5O4/c1-17(2,7-8-18)6-5-13-9-3-4-10(16(19)20)12-11(9)14-21-15-12/h3-4,13,18H,5-8H2,1-2H3/q+1. The van der Waals surface area contributed by atoms with Crippen LogP contribution in [0.25, 0.3) is 11.0 Å². The van der Waals surface area contributed by atoms with Crippen molar-refractivity contribution in [3.8, 4) is 0 Å². The Hall–Kier alpha value is -2.26. The Bertz CT molecular complexity index is 640. The number of benzene rings is 1. The molecule has 0 bridgehead atoms. The second kappa shape index (κ2) is 6.02. The van der Waals surface area contributed by atoms with Crippen molar-refractivity contribution in [2.45, 2.75) is 0 Å². The first-order valence-electron chi connectivity index (χ1n) is 6.51. The number of anilines is 1. The molecule has 1 aromatic heterocycles. The third-order valence-corrected chi connectivity index (χ3v) is 3.33. The summed E-state index contributed by atoms with van der Waals surface area (Å²) in [7, 11) is 4.03. The van der Waals surface area contributed by atoms with E-state index < -0.39 is 4.92 Å². The first-order chi connectivity index (χ1) is 9.94. The summed E-state index contributed by atoms with van der Waals surface area (Å²) in [5.74, 6) is 0. The molecule has 21 heavy (non-hydrogen) atoms. The van der Waals surface area contributed by atoms with Gasteiger partial charge in [-0.3, -0.25) is 10.1 Å². The number of nitro groups is 1. The first-order valence-corrected chi connectivity index (χ1v) is 6.51. The van der Waals surface area contributed by atoms with Gasteiger partial charge in [-0.15, -0.1) is 0 Å². The minimum Gasteiger partial charge on any atom is -0.391 e. The highest BCUT2D eigenvalue weighted by Crippen LogP contribution is 2.28. The second-order valence-electron chi connectivity index (χ2n) is 5.38. The average Bonchev–Trinajstić information content (AvgIpc) is 2.87. The van der Waals surface area contributed by atoms with Crippen LogP contribution in [0, 0.1) is 10.1 Å². The molecule has 0 saturated carbocycles. The summed E-state index contributed by atoms with van der Waals surface area (Å²) in [6.45, 7) is 2.20. The summed E-state index contributed by atoms with van der Waals surface area (Å²) >= 11 is 0. The fourth-order valence-electron chi connectivity index (χ4n) is 2.02. The molecule has 0 amide bonds. The summed E-state index contributed by atoms with van der Waals surface area (Å²) in [6.07, 6.45) is 0. The van der Waals surface area contributed by atoms with Crippen molar-refractivity contribution >= 4 is 22.4 Å². The molecule has 0 unspecified atom stereocenters. The van der Waals surface area contributed by atoms with Crippen LogP contribution < -0.4 is 5.32 Å². The maximum atomic E-state index is 10.9. The van der Waals surface area contributed by atoms with E-state index in [4.69, 9.17) is 5.11 Å². The van der Waals surface area contributed by atoms with Crippen molar-refractivity contribution in [2.24, 2.45) is 0 Å². The van der Waals surface area contributed by atoms with Crippen molar-refractivity contribution in [3.05, 3.63) is 22.2 Å². The Morgan fingerprint density at radius 1 is 1.33 bits per heavy atom. The maximum absolute atomic E-state index is 10.9. The van der Waals surface area contributed by atoms with E-state index in [2.05, 4.69) is 20.3 Å². The Labute approximate surface area is 120 Å². The molecule has 114 valence electrons. The fraction of sp³-hybridized carbons (Fsp3) is 0.500. The number of nitro benzene ring substituents is 1. The van der Waals surface area contributed by atoms with Crippen LogP contribution in [0.3, 0.4) is 0 Å². The molecular formula is C12H18N5O4+. The molecule has 0 fully saturated rings. The molecule has 9 heteroatoms. The maximum Gasteiger partial charge on any atom is 0.300 e. The molecule has 0 spiro atoms. The van der Waals surface area contributed by atoms with E-state index in [1.54, 1.807) is 6.07 Å². The number of nitrogens with zero attached hydrogens (tertiary/aromatic N) is 4. The van der Waals surface area contributed by atoms with Gasteiger partial charge in [0.15, 0.2) is 5.52 Å². The Morgan fingerprint density at radius 2 is 2.05 bits per heavy atom. The number of nitrogens with one attached hydrogen (secondary N) is 1. The highest BCUT2D eigenvalue weighted by molar-refractivity contribution is 5.93. The molecular weight excluding hydrogens is 278 g/mol. The highest BCUT2D eigenvalue weighted by Gasteiger charge is 2.20. The van der Waals surface area contributed by atoms with E-state index in [0.717, 1.165) is 6.54 Å². The van der Waals surface area contributed by atoms with Crippen molar-refractivity contribution in [1.82, 2.24) is 10.3 Å². The van der Waals surface area contributed by atoms with E-state index in [-0.39, 0.29) is 17.8 Å². The predicted molar refractivity (Wildman–Crippen MR) is 75.9 cm³/mol. The molecule has 9 nitrogen and oxygen atoms in total. The van der Waals surface area contributed by atoms with Crippen molar-refractivity contribution in [2.75, 3.05) is 45.7 Å². The van der Waals surface area contributed by atoms with Crippen LogP contribution in [0.1, 0.15) is 0 Å². The first kappa shape index (κ1) is 15.1. The number of quaternary nitrogens is 1. The number of non-ortho nitro benzene ring substituents is 1. The molecule has 0 radical (unpaired) electrons. The minimum atomic E-state index is -0.516. The number of aromatic nitrogens is 2. The lowest BCUT2D eigenvalue weighted by Crippen LogP contribution is -2.45.